The molecule has 176 valence electrons. The van der Waals surface area contributed by atoms with Gasteiger partial charge in [-0.1, -0.05) is 30.4 Å². The number of aromatic amines is 1. The first kappa shape index (κ1) is 24.4. The van der Waals surface area contributed by atoms with Gasteiger partial charge in [0.2, 0.25) is 0 Å². The third kappa shape index (κ3) is 6.61. The number of ether oxygens (including phenoxy) is 3. The highest BCUT2D eigenvalue weighted by Crippen LogP contribution is 2.25. The van der Waals surface area contributed by atoms with Crippen LogP contribution < -0.4 is 20.1 Å². The summed E-state index contributed by atoms with van der Waals surface area (Å²) in [5.41, 5.74) is 2.40. The largest absolute Gasteiger partial charge is 0.497 e. The molecule has 0 radical (unpaired) electrons. The van der Waals surface area contributed by atoms with E-state index < -0.39 is 17.7 Å². The van der Waals surface area contributed by atoms with Crippen LogP contribution in [0.5, 0.6) is 11.5 Å². The summed E-state index contributed by atoms with van der Waals surface area (Å²) in [6, 6.07) is 13.2. The molecule has 1 aromatic heterocycles. The summed E-state index contributed by atoms with van der Waals surface area (Å²) in [5, 5.41) is 7.29. The van der Waals surface area contributed by atoms with Crippen molar-refractivity contribution in [2.24, 2.45) is 0 Å². The van der Waals surface area contributed by atoms with Crippen molar-refractivity contribution < 1.29 is 19.0 Å². The number of carbonyl (C=O) groups is 1. The molecule has 1 heterocycles. The van der Waals surface area contributed by atoms with Crippen molar-refractivity contribution in [1.82, 2.24) is 15.6 Å². The van der Waals surface area contributed by atoms with Gasteiger partial charge in [-0.2, -0.15) is 0 Å². The van der Waals surface area contributed by atoms with E-state index in [1.165, 1.54) is 0 Å². The first-order chi connectivity index (χ1) is 15.7. The van der Waals surface area contributed by atoms with Crippen molar-refractivity contribution in [3.8, 4) is 11.5 Å². The number of para-hydroxylation sites is 1. The Hall–Kier alpha value is -3.26. The number of rotatable bonds is 8. The summed E-state index contributed by atoms with van der Waals surface area (Å²) in [5.74, 6) is 1.40. The predicted octanol–water partition coefficient (Wildman–Crippen LogP) is 4.74. The Labute approximate surface area is 199 Å². The Balaban J connectivity index is 1.77. The number of alkyl carbamates (subject to hydrolysis) is 1. The van der Waals surface area contributed by atoms with Gasteiger partial charge in [-0.25, -0.2) is 4.79 Å². The third-order valence-electron chi connectivity index (χ3n) is 5.05. The molecule has 2 aromatic carbocycles. The van der Waals surface area contributed by atoms with Crippen LogP contribution >= 0.6 is 12.2 Å². The van der Waals surface area contributed by atoms with Crippen LogP contribution in [0.3, 0.4) is 0 Å². The van der Waals surface area contributed by atoms with E-state index in [1.807, 2.05) is 69.4 Å². The number of nitrogens with one attached hydrogen (secondary N) is 3. The van der Waals surface area contributed by atoms with Crippen molar-refractivity contribution >= 4 is 34.2 Å². The number of fused-ring (bicyclic) bond motifs is 1. The second-order valence-corrected chi connectivity index (χ2v) is 9.10. The van der Waals surface area contributed by atoms with Gasteiger partial charge in [0.15, 0.2) is 0 Å². The average molecular weight is 470 g/mol. The summed E-state index contributed by atoms with van der Waals surface area (Å²) in [6.45, 7) is 5.92. The van der Waals surface area contributed by atoms with Gasteiger partial charge in [0.25, 0.3) is 0 Å². The lowest BCUT2D eigenvalue weighted by Crippen LogP contribution is -2.48. The van der Waals surface area contributed by atoms with Gasteiger partial charge in [-0.3, -0.25) is 0 Å². The summed E-state index contributed by atoms with van der Waals surface area (Å²) in [7, 11) is 3.22. The monoisotopic (exact) mass is 469 g/mol. The molecule has 8 heteroatoms. The molecule has 0 aliphatic carbocycles. The molecular weight excluding hydrogens is 438 g/mol. The number of benzene rings is 2. The van der Waals surface area contributed by atoms with Gasteiger partial charge in [0.05, 0.1) is 25.2 Å². The minimum absolute atomic E-state index is 0.437. The highest BCUT2D eigenvalue weighted by Gasteiger charge is 2.23. The summed E-state index contributed by atoms with van der Waals surface area (Å²) in [6.07, 6.45) is 1.94. The number of amides is 1. The molecule has 0 saturated heterocycles. The highest BCUT2D eigenvalue weighted by molar-refractivity contribution is 7.80. The Morgan fingerprint density at radius 2 is 1.85 bits per heavy atom. The lowest BCUT2D eigenvalue weighted by Gasteiger charge is -2.25. The van der Waals surface area contributed by atoms with Crippen LogP contribution in [0.2, 0.25) is 0 Å². The maximum atomic E-state index is 12.5. The minimum atomic E-state index is -0.610. The summed E-state index contributed by atoms with van der Waals surface area (Å²) >= 11 is 5.70. The van der Waals surface area contributed by atoms with Gasteiger partial charge in [-0.15, -0.1) is 0 Å². The van der Waals surface area contributed by atoms with E-state index in [2.05, 4.69) is 15.6 Å². The lowest BCUT2D eigenvalue weighted by atomic mass is 10.0. The standard InChI is InChI=1S/C25H31N3O4S/c1-25(2,3)32-24(29)28-21(12-17-15-26-20-9-7-6-8-19(17)20)23(33)27-14-16-10-11-18(30-4)13-22(16)31-5/h6-11,13,15,21,26H,12,14H2,1-5H3,(H,27,33)(H,28,29). The van der Waals surface area contributed by atoms with Gasteiger partial charge in [-0.05, 0) is 44.5 Å². The number of carbonyl (C=O) groups excluding carboxylic acids is 1. The van der Waals surface area contributed by atoms with E-state index in [0.717, 1.165) is 22.0 Å². The fourth-order valence-corrected chi connectivity index (χ4v) is 3.70. The van der Waals surface area contributed by atoms with Crippen LogP contribution in [-0.2, 0) is 17.7 Å². The lowest BCUT2D eigenvalue weighted by molar-refractivity contribution is 0.0518. The van der Waals surface area contributed by atoms with Gasteiger partial charge < -0.3 is 29.8 Å². The van der Waals surface area contributed by atoms with Gasteiger partial charge >= 0.3 is 6.09 Å². The summed E-state index contributed by atoms with van der Waals surface area (Å²) < 4.78 is 16.2. The number of aromatic nitrogens is 1. The third-order valence-corrected chi connectivity index (χ3v) is 5.48. The van der Waals surface area contributed by atoms with Crippen molar-refractivity contribution in [3.05, 3.63) is 59.8 Å². The first-order valence-corrected chi connectivity index (χ1v) is 11.1. The second-order valence-electron chi connectivity index (χ2n) is 8.66. The SMILES string of the molecule is COc1ccc(CNC(=S)C(Cc2c[nH]c3ccccc23)NC(=O)OC(C)(C)C)c(OC)c1. The Bertz CT molecular complexity index is 1120. The van der Waals surface area contributed by atoms with Crippen molar-refractivity contribution in [2.75, 3.05) is 14.2 Å². The number of hydrogen-bond donors (Lipinski definition) is 3. The molecule has 0 spiro atoms. The molecule has 1 unspecified atom stereocenters. The number of hydrogen-bond acceptors (Lipinski definition) is 5. The van der Waals surface area contributed by atoms with Crippen LogP contribution in [0, 0.1) is 0 Å². The molecule has 0 fully saturated rings. The molecule has 0 aliphatic rings. The van der Waals surface area contributed by atoms with E-state index in [9.17, 15) is 4.79 Å². The minimum Gasteiger partial charge on any atom is -0.497 e. The van der Waals surface area contributed by atoms with Gasteiger partial charge in [0.1, 0.15) is 17.1 Å². The fraction of sp³-hybridized carbons (Fsp3) is 0.360. The number of thiocarbonyl (C=S) groups is 1. The second kappa shape index (κ2) is 10.6. The molecular formula is C25H31N3O4S. The Morgan fingerprint density at radius 3 is 2.55 bits per heavy atom. The average Bonchev–Trinajstić information content (AvgIpc) is 3.18. The van der Waals surface area contributed by atoms with Crippen LogP contribution in [0.1, 0.15) is 31.9 Å². The first-order valence-electron chi connectivity index (χ1n) is 10.7. The van der Waals surface area contributed by atoms with Crippen LogP contribution in [0.25, 0.3) is 10.9 Å². The molecule has 3 rings (SSSR count). The molecule has 7 nitrogen and oxygen atoms in total. The van der Waals surface area contributed by atoms with Crippen molar-refractivity contribution in [3.63, 3.8) is 0 Å². The number of methoxy groups -OCH3 is 2. The van der Waals surface area contributed by atoms with Crippen molar-refractivity contribution in [2.45, 2.75) is 45.4 Å². The summed E-state index contributed by atoms with van der Waals surface area (Å²) in [4.78, 5) is 16.3. The van der Waals surface area contributed by atoms with E-state index in [0.29, 0.717) is 29.5 Å². The topological polar surface area (TPSA) is 84.6 Å². The molecule has 1 amide bonds. The van der Waals surface area contributed by atoms with Gasteiger partial charge in [0, 0.05) is 41.7 Å². The Morgan fingerprint density at radius 1 is 1.09 bits per heavy atom. The molecule has 3 N–H and O–H groups in total. The Kier molecular flexibility index (Phi) is 7.81. The van der Waals surface area contributed by atoms with Crippen molar-refractivity contribution in [1.29, 1.82) is 0 Å². The maximum absolute atomic E-state index is 12.5. The van der Waals surface area contributed by atoms with E-state index >= 15 is 0 Å². The highest BCUT2D eigenvalue weighted by atomic mass is 32.1. The molecule has 0 aliphatic heterocycles. The van der Waals surface area contributed by atoms with E-state index in [-0.39, 0.29) is 0 Å². The van der Waals surface area contributed by atoms with E-state index in [4.69, 9.17) is 26.4 Å². The smallest absolute Gasteiger partial charge is 0.408 e. The van der Waals surface area contributed by atoms with Crippen LogP contribution in [-0.4, -0.2) is 41.9 Å². The van der Waals surface area contributed by atoms with Crippen LogP contribution in [0.15, 0.2) is 48.7 Å². The molecule has 0 saturated carbocycles. The maximum Gasteiger partial charge on any atom is 0.408 e. The molecule has 33 heavy (non-hydrogen) atoms. The zero-order chi connectivity index (χ0) is 24.0. The number of H-pyrrole nitrogens is 1. The van der Waals surface area contributed by atoms with E-state index in [1.54, 1.807) is 14.2 Å². The molecule has 1 atom stereocenters. The molecule has 3 aromatic rings. The van der Waals surface area contributed by atoms with Crippen LogP contribution in [0.4, 0.5) is 4.79 Å². The fourth-order valence-electron chi connectivity index (χ4n) is 3.48. The zero-order valence-electron chi connectivity index (χ0n) is 19.7. The quantitative estimate of drug-likeness (QED) is 0.413. The normalized spacial score (nSPS) is 12.2. The molecule has 0 bridgehead atoms. The predicted molar refractivity (Wildman–Crippen MR) is 134 cm³/mol. The zero-order valence-corrected chi connectivity index (χ0v) is 20.5.